The molecule has 0 aromatic rings. The lowest BCUT2D eigenvalue weighted by Crippen LogP contribution is -2.47. The highest BCUT2D eigenvalue weighted by molar-refractivity contribution is 6.77. The van der Waals surface area contributed by atoms with Crippen LogP contribution in [-0.4, -0.2) is 32.0 Å². The molecule has 0 unspecified atom stereocenters. The highest BCUT2D eigenvalue weighted by atomic mass is 28.3. The van der Waals surface area contributed by atoms with E-state index in [1.807, 2.05) is 0 Å². The van der Waals surface area contributed by atoms with Crippen molar-refractivity contribution in [1.29, 1.82) is 0 Å². The van der Waals surface area contributed by atoms with Crippen LogP contribution in [0.4, 0.5) is 0 Å². The van der Waals surface area contributed by atoms with Gasteiger partial charge in [0, 0.05) is 19.0 Å². The Balaban J connectivity index is 1.86. The second kappa shape index (κ2) is 4.90. The number of carbonyl (C=O) groups excluding carboxylic acids is 1. The smallest absolute Gasteiger partial charge is 0.225 e. The van der Waals surface area contributed by atoms with Gasteiger partial charge in [-0.3, -0.25) is 4.79 Å². The molecule has 0 aromatic carbocycles. The maximum Gasteiger partial charge on any atom is 0.225 e. The normalized spacial score (nSPS) is 26.8. The summed E-state index contributed by atoms with van der Waals surface area (Å²) < 4.78 is 0. The first-order valence-corrected chi connectivity index (χ1v) is 10.3. The van der Waals surface area contributed by atoms with Gasteiger partial charge in [0.2, 0.25) is 5.91 Å². The molecule has 1 heterocycles. The highest BCUT2D eigenvalue weighted by Gasteiger charge is 2.32. The lowest BCUT2D eigenvalue weighted by Gasteiger charge is -2.38. The van der Waals surface area contributed by atoms with Crippen molar-refractivity contribution in [2.75, 3.05) is 13.1 Å². The summed E-state index contributed by atoms with van der Waals surface area (Å²) >= 11 is 0. The van der Waals surface area contributed by atoms with Crippen LogP contribution in [0.15, 0.2) is 0 Å². The van der Waals surface area contributed by atoms with E-state index >= 15 is 0 Å². The van der Waals surface area contributed by atoms with Gasteiger partial charge in [-0.1, -0.05) is 32.4 Å². The lowest BCUT2D eigenvalue weighted by molar-refractivity contribution is -0.136. The molecule has 0 N–H and O–H groups in total. The van der Waals surface area contributed by atoms with Gasteiger partial charge in [-0.15, -0.1) is 0 Å². The maximum absolute atomic E-state index is 12.3. The molecule has 1 amide bonds. The Morgan fingerprint density at radius 1 is 1.06 bits per heavy atom. The Bertz CT molecular complexity index is 249. The molecule has 0 aromatic heterocycles. The number of carbonyl (C=O) groups is 1. The molecule has 0 atom stereocenters. The summed E-state index contributed by atoms with van der Waals surface area (Å²) in [6, 6.07) is 2.62. The van der Waals surface area contributed by atoms with E-state index in [2.05, 4.69) is 18.0 Å². The molecule has 1 saturated heterocycles. The molecule has 0 spiro atoms. The van der Waals surface area contributed by atoms with E-state index in [0.717, 1.165) is 25.9 Å². The second-order valence-corrected chi connectivity index (χ2v) is 11.7. The van der Waals surface area contributed by atoms with Gasteiger partial charge in [0.15, 0.2) is 0 Å². The van der Waals surface area contributed by atoms with Gasteiger partial charge in [0.1, 0.15) is 0 Å². The first-order valence-electron chi connectivity index (χ1n) is 6.87. The summed E-state index contributed by atoms with van der Waals surface area (Å²) in [5.41, 5.74) is 0. The summed E-state index contributed by atoms with van der Waals surface area (Å²) in [6.07, 6.45) is 6.17. The molecule has 2 rings (SSSR count). The minimum Gasteiger partial charge on any atom is -0.343 e. The predicted molar refractivity (Wildman–Crippen MR) is 70.3 cm³/mol. The molecule has 92 valence electrons. The van der Waals surface area contributed by atoms with E-state index in [1.165, 1.54) is 31.4 Å². The largest absolute Gasteiger partial charge is 0.343 e. The molecule has 3 heteroatoms. The van der Waals surface area contributed by atoms with Gasteiger partial charge in [-0.2, -0.15) is 0 Å². The van der Waals surface area contributed by atoms with Crippen LogP contribution in [0.25, 0.3) is 0 Å². The molecule has 0 bridgehead atoms. The van der Waals surface area contributed by atoms with Crippen LogP contribution in [0.5, 0.6) is 0 Å². The van der Waals surface area contributed by atoms with Crippen molar-refractivity contribution in [2.45, 2.75) is 57.3 Å². The van der Waals surface area contributed by atoms with Crippen molar-refractivity contribution < 1.29 is 4.79 Å². The van der Waals surface area contributed by atoms with Crippen LogP contribution >= 0.6 is 0 Å². The zero-order valence-corrected chi connectivity index (χ0v) is 11.8. The van der Waals surface area contributed by atoms with Gasteiger partial charge >= 0.3 is 0 Å². The number of hydrogen-bond donors (Lipinski definition) is 0. The van der Waals surface area contributed by atoms with Crippen molar-refractivity contribution in [3.05, 3.63) is 0 Å². The third kappa shape index (κ3) is 2.87. The summed E-state index contributed by atoms with van der Waals surface area (Å²) in [5.74, 6) is 0.848. The van der Waals surface area contributed by atoms with E-state index in [0.29, 0.717) is 11.8 Å². The second-order valence-electron chi connectivity index (χ2n) is 6.32. The third-order valence-corrected chi connectivity index (χ3v) is 7.54. The first kappa shape index (κ1) is 12.2. The van der Waals surface area contributed by atoms with E-state index in [1.54, 1.807) is 0 Å². The van der Waals surface area contributed by atoms with Crippen molar-refractivity contribution in [2.24, 2.45) is 5.92 Å². The monoisotopic (exact) mass is 239 g/mol. The van der Waals surface area contributed by atoms with E-state index in [4.69, 9.17) is 0 Å². The topological polar surface area (TPSA) is 20.3 Å². The quantitative estimate of drug-likeness (QED) is 0.644. The molecule has 2 aliphatic rings. The van der Waals surface area contributed by atoms with Gasteiger partial charge in [0.25, 0.3) is 0 Å². The highest BCUT2D eigenvalue weighted by Crippen LogP contribution is 2.28. The van der Waals surface area contributed by atoms with E-state index < -0.39 is 8.07 Å². The summed E-state index contributed by atoms with van der Waals surface area (Å²) in [5, 5.41) is 0. The zero-order chi connectivity index (χ0) is 11.6. The minimum atomic E-state index is -0.922. The number of nitrogens with zero attached hydrogens (tertiary/aromatic N) is 1. The molecular weight excluding hydrogens is 214 g/mol. The van der Waals surface area contributed by atoms with Crippen molar-refractivity contribution in [3.8, 4) is 0 Å². The fourth-order valence-corrected chi connectivity index (χ4v) is 4.94. The molecule has 16 heavy (non-hydrogen) atoms. The van der Waals surface area contributed by atoms with Crippen LogP contribution < -0.4 is 0 Å². The van der Waals surface area contributed by atoms with Crippen molar-refractivity contribution >= 4 is 14.0 Å². The van der Waals surface area contributed by atoms with Gasteiger partial charge in [-0.05, 0) is 24.9 Å². The van der Waals surface area contributed by atoms with Crippen LogP contribution in [0.3, 0.4) is 0 Å². The Hall–Kier alpha value is -0.313. The Morgan fingerprint density at radius 2 is 1.62 bits per heavy atom. The van der Waals surface area contributed by atoms with Crippen LogP contribution in [-0.2, 0) is 4.79 Å². The Kier molecular flexibility index (Phi) is 3.72. The van der Waals surface area contributed by atoms with Crippen LogP contribution in [0.2, 0.25) is 25.2 Å². The standard InChI is InChI=1S/C13H25NOSi/c1-16(2)10-8-14(9-11-16)13(15)12-6-4-3-5-7-12/h12H,3-11H2,1-2H3. The zero-order valence-electron chi connectivity index (χ0n) is 10.8. The van der Waals surface area contributed by atoms with Crippen LogP contribution in [0.1, 0.15) is 32.1 Å². The molecule has 2 nitrogen and oxygen atoms in total. The average Bonchev–Trinajstić information content (AvgIpc) is 2.29. The SMILES string of the molecule is C[Si]1(C)CCN(C(=O)C2CCCCC2)CC1. The predicted octanol–water partition coefficient (Wildman–Crippen LogP) is 3.12. The van der Waals surface area contributed by atoms with Gasteiger partial charge in [-0.25, -0.2) is 0 Å². The van der Waals surface area contributed by atoms with E-state index in [-0.39, 0.29) is 0 Å². The molecule has 1 saturated carbocycles. The maximum atomic E-state index is 12.3. The molecule has 1 aliphatic heterocycles. The number of hydrogen-bond acceptors (Lipinski definition) is 1. The lowest BCUT2D eigenvalue weighted by atomic mass is 9.88. The van der Waals surface area contributed by atoms with Gasteiger partial charge in [0.05, 0.1) is 8.07 Å². The molecular formula is C13H25NOSi. The van der Waals surface area contributed by atoms with E-state index in [9.17, 15) is 4.79 Å². The fourth-order valence-electron chi connectivity index (χ4n) is 2.94. The minimum absolute atomic E-state index is 0.372. The summed E-state index contributed by atoms with van der Waals surface area (Å²) in [7, 11) is -0.922. The Morgan fingerprint density at radius 3 is 2.19 bits per heavy atom. The Labute approximate surface area is 100 Å². The average molecular weight is 239 g/mol. The number of amides is 1. The summed E-state index contributed by atoms with van der Waals surface area (Å²) in [6.45, 7) is 7.01. The number of rotatable bonds is 1. The van der Waals surface area contributed by atoms with Crippen molar-refractivity contribution in [1.82, 2.24) is 4.90 Å². The fraction of sp³-hybridized carbons (Fsp3) is 0.923. The van der Waals surface area contributed by atoms with Crippen molar-refractivity contribution in [3.63, 3.8) is 0 Å². The van der Waals surface area contributed by atoms with Crippen LogP contribution in [0, 0.1) is 5.92 Å². The first-order chi connectivity index (χ1) is 7.58. The van der Waals surface area contributed by atoms with Gasteiger partial charge < -0.3 is 4.90 Å². The molecule has 2 fully saturated rings. The third-order valence-electron chi connectivity index (χ3n) is 4.38. The summed E-state index contributed by atoms with van der Waals surface area (Å²) in [4.78, 5) is 14.5. The molecule has 1 aliphatic carbocycles. The molecule has 0 radical (unpaired) electrons.